The highest BCUT2D eigenvalue weighted by Crippen LogP contribution is 2.33. The summed E-state index contributed by atoms with van der Waals surface area (Å²) < 4.78 is 98.1. The van der Waals surface area contributed by atoms with Crippen molar-refractivity contribution in [2.24, 2.45) is 0 Å². The molecule has 3 heterocycles. The number of rotatable bonds is 10. The van der Waals surface area contributed by atoms with Gasteiger partial charge < -0.3 is 64.5 Å². The Balaban J connectivity index is 1.96. The van der Waals surface area contributed by atoms with Gasteiger partial charge in [0.1, 0.15) is 67.1 Å². The van der Waals surface area contributed by atoms with Crippen LogP contribution in [-0.2, 0) is 52.8 Å². The van der Waals surface area contributed by atoms with E-state index >= 15 is 0 Å². The normalized spacial score (nSPS) is 46.4. The van der Waals surface area contributed by atoms with Crippen LogP contribution in [0.1, 0.15) is 6.92 Å². The predicted octanol–water partition coefficient (Wildman–Crippen LogP) is -6.89. The van der Waals surface area contributed by atoms with Gasteiger partial charge >= 0.3 is 20.8 Å². The zero-order valence-corrected chi connectivity index (χ0v) is 22.5. The molecule has 0 aliphatic carbocycles. The molecule has 0 aromatic rings. The maximum absolute atomic E-state index is 11.3. The SMILES string of the molecule is C[C@@H]1O[C@@H](O[C@H]2[C@H](O[C@@H]3O[C@H](CO)[C@H](O)[C@H](OS(=O)(=O)O)[C@H]3O)[C@@H](COS(=O)(=O)O)OC(O)[C@@H]2O)[C@@H](O)[C@H](O)[C@@H]1O. The van der Waals surface area contributed by atoms with Crippen LogP contribution in [0.25, 0.3) is 0 Å². The molecular formula is C18H32O21S2. The number of ether oxygens (including phenoxy) is 5. The van der Waals surface area contributed by atoms with Crippen molar-refractivity contribution in [3.8, 4) is 0 Å². The maximum Gasteiger partial charge on any atom is 0.397 e. The first-order valence-electron chi connectivity index (χ1n) is 11.8. The van der Waals surface area contributed by atoms with E-state index in [-0.39, 0.29) is 0 Å². The second-order valence-electron chi connectivity index (χ2n) is 9.35. The van der Waals surface area contributed by atoms with Gasteiger partial charge in [0.05, 0.1) is 19.3 Å². The summed E-state index contributed by atoms with van der Waals surface area (Å²) in [7, 11) is -10.5. The van der Waals surface area contributed by atoms with Crippen LogP contribution >= 0.6 is 0 Å². The lowest BCUT2D eigenvalue weighted by Crippen LogP contribution is -2.67. The topological polar surface area (TPSA) is 335 Å². The van der Waals surface area contributed by atoms with Crippen LogP contribution in [0.15, 0.2) is 0 Å². The lowest BCUT2D eigenvalue weighted by Gasteiger charge is -2.48. The average Bonchev–Trinajstić information content (AvgIpc) is 2.87. The molecule has 0 saturated carbocycles. The third-order valence-electron chi connectivity index (χ3n) is 6.46. The van der Waals surface area contributed by atoms with Gasteiger partial charge in [-0.3, -0.25) is 9.11 Å². The highest BCUT2D eigenvalue weighted by Gasteiger charge is 2.54. The second kappa shape index (κ2) is 13.5. The van der Waals surface area contributed by atoms with E-state index in [1.54, 1.807) is 0 Å². The van der Waals surface area contributed by atoms with Gasteiger partial charge in [-0.05, 0) is 6.92 Å². The molecule has 3 saturated heterocycles. The highest BCUT2D eigenvalue weighted by molar-refractivity contribution is 7.81. The maximum atomic E-state index is 11.3. The van der Waals surface area contributed by atoms with E-state index in [4.69, 9.17) is 32.8 Å². The molecule has 3 rings (SSSR count). The summed E-state index contributed by atoms with van der Waals surface area (Å²) in [6.07, 6.45) is -29.0. The van der Waals surface area contributed by atoms with E-state index < -0.39 is 126 Å². The Morgan fingerprint density at radius 2 is 1.22 bits per heavy atom. The van der Waals surface area contributed by atoms with Gasteiger partial charge in [-0.1, -0.05) is 0 Å². The lowest BCUT2D eigenvalue weighted by molar-refractivity contribution is -0.381. The second-order valence-corrected chi connectivity index (χ2v) is 11.5. The molecule has 0 aromatic carbocycles. The molecule has 0 spiro atoms. The van der Waals surface area contributed by atoms with Gasteiger partial charge in [-0.25, -0.2) is 8.37 Å². The van der Waals surface area contributed by atoms with Gasteiger partial charge in [0.2, 0.25) is 0 Å². The minimum atomic E-state index is -5.32. The van der Waals surface area contributed by atoms with E-state index in [0.29, 0.717) is 0 Å². The van der Waals surface area contributed by atoms with E-state index in [1.165, 1.54) is 6.92 Å². The predicted molar refractivity (Wildman–Crippen MR) is 121 cm³/mol. The van der Waals surface area contributed by atoms with E-state index in [2.05, 4.69) is 8.37 Å². The molecule has 15 atom stereocenters. The molecule has 0 radical (unpaired) electrons. The quantitative estimate of drug-likeness (QED) is 0.0983. The van der Waals surface area contributed by atoms with Crippen LogP contribution < -0.4 is 0 Å². The van der Waals surface area contributed by atoms with Crippen LogP contribution in [0.2, 0.25) is 0 Å². The molecule has 21 nitrogen and oxygen atoms in total. The van der Waals surface area contributed by atoms with Crippen molar-refractivity contribution >= 4 is 20.8 Å². The summed E-state index contributed by atoms with van der Waals surface area (Å²) in [6, 6.07) is 0. The number of hydrogen-bond donors (Lipinski definition) is 10. The van der Waals surface area contributed by atoms with Gasteiger partial charge in [-0.15, -0.1) is 0 Å². The first-order valence-corrected chi connectivity index (χ1v) is 14.5. The average molecular weight is 649 g/mol. The fourth-order valence-electron chi connectivity index (χ4n) is 4.37. The van der Waals surface area contributed by atoms with Crippen LogP contribution in [0.4, 0.5) is 0 Å². The first-order chi connectivity index (χ1) is 18.8. The molecule has 3 fully saturated rings. The van der Waals surface area contributed by atoms with Crippen molar-refractivity contribution in [3.63, 3.8) is 0 Å². The molecule has 23 heteroatoms. The molecule has 0 amide bonds. The molecule has 3 aliphatic heterocycles. The summed E-state index contributed by atoms with van der Waals surface area (Å²) in [5.74, 6) is 0. The Morgan fingerprint density at radius 1 is 0.634 bits per heavy atom. The van der Waals surface area contributed by atoms with Gasteiger partial charge in [-0.2, -0.15) is 16.8 Å². The highest BCUT2D eigenvalue weighted by atomic mass is 32.3. The lowest BCUT2D eigenvalue weighted by atomic mass is 9.96. The third-order valence-corrected chi connectivity index (χ3v) is 7.36. The van der Waals surface area contributed by atoms with Crippen LogP contribution in [0.5, 0.6) is 0 Å². The Labute approximate surface area is 232 Å². The fraction of sp³-hybridized carbons (Fsp3) is 1.00. The van der Waals surface area contributed by atoms with Crippen LogP contribution in [0, 0.1) is 0 Å². The largest absolute Gasteiger partial charge is 0.397 e. The number of aliphatic hydroxyl groups excluding tert-OH is 8. The third kappa shape index (κ3) is 8.44. The van der Waals surface area contributed by atoms with Crippen molar-refractivity contribution in [2.75, 3.05) is 13.2 Å². The molecule has 1 unspecified atom stereocenters. The molecule has 242 valence electrons. The van der Waals surface area contributed by atoms with Crippen molar-refractivity contribution in [2.45, 2.75) is 99.0 Å². The zero-order valence-electron chi connectivity index (χ0n) is 20.9. The molecular weight excluding hydrogens is 616 g/mol. The van der Waals surface area contributed by atoms with Gasteiger partial charge in [0, 0.05) is 0 Å². The van der Waals surface area contributed by atoms with Crippen LogP contribution in [0.3, 0.4) is 0 Å². The van der Waals surface area contributed by atoms with Gasteiger partial charge in [0.25, 0.3) is 0 Å². The summed E-state index contributed by atoms with van der Waals surface area (Å²) >= 11 is 0. The zero-order chi connectivity index (χ0) is 31.0. The molecule has 10 N–H and O–H groups in total. The van der Waals surface area contributed by atoms with E-state index in [0.717, 1.165) is 0 Å². The molecule has 41 heavy (non-hydrogen) atoms. The standard InChI is InChI=1S/C18H32O21S2/c1-4-7(20)9(22)10(23)17(34-4)38-15-11(24)16(26)35-6(3-33-40(27,28)29)13(15)37-18-12(25)14(39-41(30,31)32)8(21)5(2-19)36-18/h4-26H,2-3H2,1H3,(H,27,28,29)(H,30,31,32)/t4-,5+,6+,7+,8-,9+,10-,11+,12+,13+,14-,15+,16?,17-,18-/m0/s1. The Hall–Kier alpha value is -0.780. The number of hydrogen-bond acceptors (Lipinski definition) is 19. The van der Waals surface area contributed by atoms with Crippen molar-refractivity contribution in [3.05, 3.63) is 0 Å². The Kier molecular flexibility index (Phi) is 11.4. The van der Waals surface area contributed by atoms with Crippen molar-refractivity contribution in [1.29, 1.82) is 0 Å². The molecule has 0 bridgehead atoms. The summed E-state index contributed by atoms with van der Waals surface area (Å²) in [5.41, 5.74) is 0. The summed E-state index contributed by atoms with van der Waals surface area (Å²) in [4.78, 5) is 0. The Bertz CT molecular complexity index is 1070. The summed E-state index contributed by atoms with van der Waals surface area (Å²) in [5, 5.41) is 81.6. The molecule has 0 aromatic heterocycles. The fourth-order valence-corrected chi connectivity index (χ4v) is 5.19. The van der Waals surface area contributed by atoms with E-state index in [9.17, 15) is 57.7 Å². The van der Waals surface area contributed by atoms with Crippen molar-refractivity contribution in [1.82, 2.24) is 0 Å². The minimum absolute atomic E-state index is 1.03. The van der Waals surface area contributed by atoms with Crippen LogP contribution in [-0.4, -0.2) is 172 Å². The van der Waals surface area contributed by atoms with Crippen molar-refractivity contribution < 1.29 is 98.8 Å². The summed E-state index contributed by atoms with van der Waals surface area (Å²) in [6.45, 7) is -0.917. The minimum Gasteiger partial charge on any atom is -0.394 e. The monoisotopic (exact) mass is 648 g/mol. The van der Waals surface area contributed by atoms with E-state index in [1.807, 2.05) is 0 Å². The number of aliphatic hydroxyl groups is 8. The Morgan fingerprint density at radius 3 is 1.78 bits per heavy atom. The molecule has 3 aliphatic rings. The van der Waals surface area contributed by atoms with Gasteiger partial charge in [0.15, 0.2) is 18.9 Å². The first kappa shape index (κ1) is 34.7. The smallest absolute Gasteiger partial charge is 0.394 e.